The molecule has 2 fully saturated rings. The lowest BCUT2D eigenvalue weighted by Crippen LogP contribution is -2.38. The standard InChI is InChI=1S/C10H18N2O/c1-3-7-6-9(7)11-8-4-5-12(2)10(8)13/h7-9,11H,3-6H2,1-2H3. The number of nitrogens with zero attached hydrogens (tertiary/aromatic N) is 1. The van der Waals surface area contributed by atoms with Gasteiger partial charge in [0.2, 0.25) is 5.91 Å². The summed E-state index contributed by atoms with van der Waals surface area (Å²) in [5.74, 6) is 1.11. The van der Waals surface area contributed by atoms with E-state index < -0.39 is 0 Å². The molecule has 1 aliphatic carbocycles. The Kier molecular flexibility index (Phi) is 2.28. The Morgan fingerprint density at radius 3 is 2.85 bits per heavy atom. The molecule has 3 nitrogen and oxygen atoms in total. The molecule has 1 amide bonds. The highest BCUT2D eigenvalue weighted by molar-refractivity contribution is 5.83. The molecular weight excluding hydrogens is 164 g/mol. The Labute approximate surface area is 79.5 Å². The zero-order valence-corrected chi connectivity index (χ0v) is 8.42. The van der Waals surface area contributed by atoms with Crippen molar-refractivity contribution in [2.75, 3.05) is 13.6 Å². The second-order valence-electron chi connectivity index (χ2n) is 4.28. The van der Waals surface area contributed by atoms with E-state index >= 15 is 0 Å². The van der Waals surface area contributed by atoms with Gasteiger partial charge in [-0.3, -0.25) is 4.79 Å². The minimum absolute atomic E-state index is 0.117. The lowest BCUT2D eigenvalue weighted by molar-refractivity contribution is -0.128. The van der Waals surface area contributed by atoms with Gasteiger partial charge in [-0.1, -0.05) is 13.3 Å². The van der Waals surface area contributed by atoms with Crippen LogP contribution in [0.2, 0.25) is 0 Å². The maximum atomic E-state index is 11.5. The van der Waals surface area contributed by atoms with Crippen LogP contribution in [0.3, 0.4) is 0 Å². The average molecular weight is 182 g/mol. The third kappa shape index (κ3) is 1.70. The molecule has 74 valence electrons. The second-order valence-corrected chi connectivity index (χ2v) is 4.28. The van der Waals surface area contributed by atoms with Gasteiger partial charge in [-0.2, -0.15) is 0 Å². The van der Waals surface area contributed by atoms with Gasteiger partial charge in [0.1, 0.15) is 0 Å². The number of nitrogens with one attached hydrogen (secondary N) is 1. The highest BCUT2D eigenvalue weighted by Crippen LogP contribution is 2.34. The largest absolute Gasteiger partial charge is 0.344 e. The first kappa shape index (κ1) is 9.00. The van der Waals surface area contributed by atoms with Crippen LogP contribution in [-0.2, 0) is 4.79 Å². The minimum atomic E-state index is 0.117. The van der Waals surface area contributed by atoms with E-state index in [1.54, 1.807) is 0 Å². The van der Waals surface area contributed by atoms with Crippen LogP contribution in [-0.4, -0.2) is 36.5 Å². The summed E-state index contributed by atoms with van der Waals surface area (Å²) in [7, 11) is 1.88. The van der Waals surface area contributed by atoms with E-state index in [1.807, 2.05) is 11.9 Å². The van der Waals surface area contributed by atoms with E-state index in [-0.39, 0.29) is 11.9 Å². The molecule has 2 rings (SSSR count). The molecule has 13 heavy (non-hydrogen) atoms. The minimum Gasteiger partial charge on any atom is -0.344 e. The average Bonchev–Trinajstić information content (AvgIpc) is 2.81. The molecule has 3 unspecified atom stereocenters. The third-order valence-corrected chi connectivity index (χ3v) is 3.29. The van der Waals surface area contributed by atoms with Crippen LogP contribution < -0.4 is 5.32 Å². The van der Waals surface area contributed by atoms with Crippen molar-refractivity contribution in [2.45, 2.75) is 38.3 Å². The highest BCUT2D eigenvalue weighted by Gasteiger charge is 2.40. The summed E-state index contributed by atoms with van der Waals surface area (Å²) in [6, 6.07) is 0.747. The molecule has 1 aliphatic heterocycles. The molecule has 2 aliphatic rings. The first-order chi connectivity index (χ1) is 6.22. The summed E-state index contributed by atoms with van der Waals surface area (Å²) in [5, 5.41) is 3.44. The maximum absolute atomic E-state index is 11.5. The molecule has 1 N–H and O–H groups in total. The Morgan fingerprint density at radius 2 is 2.38 bits per heavy atom. The Morgan fingerprint density at radius 1 is 1.62 bits per heavy atom. The van der Waals surface area contributed by atoms with Crippen LogP contribution >= 0.6 is 0 Å². The van der Waals surface area contributed by atoms with Crippen LogP contribution in [0.25, 0.3) is 0 Å². The number of hydrogen-bond donors (Lipinski definition) is 1. The van der Waals surface area contributed by atoms with Gasteiger partial charge in [0.05, 0.1) is 6.04 Å². The summed E-state index contributed by atoms with van der Waals surface area (Å²) < 4.78 is 0. The topological polar surface area (TPSA) is 32.3 Å². The Hall–Kier alpha value is -0.570. The van der Waals surface area contributed by atoms with Crippen LogP contribution in [0.1, 0.15) is 26.2 Å². The number of amides is 1. The van der Waals surface area contributed by atoms with Gasteiger partial charge in [-0.25, -0.2) is 0 Å². The summed E-state index contributed by atoms with van der Waals surface area (Å²) >= 11 is 0. The predicted molar refractivity (Wildman–Crippen MR) is 51.4 cm³/mol. The molecular formula is C10H18N2O. The monoisotopic (exact) mass is 182 g/mol. The van der Waals surface area contributed by atoms with Crippen LogP contribution in [0.15, 0.2) is 0 Å². The normalized spacial score (nSPS) is 38.5. The van der Waals surface area contributed by atoms with Crippen molar-refractivity contribution < 1.29 is 4.79 Å². The zero-order valence-electron chi connectivity index (χ0n) is 8.42. The first-order valence-corrected chi connectivity index (χ1v) is 5.23. The van der Waals surface area contributed by atoms with Gasteiger partial charge < -0.3 is 10.2 Å². The van der Waals surface area contributed by atoms with Gasteiger partial charge in [-0.05, 0) is 18.8 Å². The van der Waals surface area contributed by atoms with E-state index in [0.29, 0.717) is 6.04 Å². The molecule has 3 heteroatoms. The fourth-order valence-corrected chi connectivity index (χ4v) is 2.14. The maximum Gasteiger partial charge on any atom is 0.239 e. The van der Waals surface area contributed by atoms with Crippen LogP contribution in [0.4, 0.5) is 0 Å². The van der Waals surface area contributed by atoms with E-state index in [2.05, 4.69) is 12.2 Å². The quantitative estimate of drug-likeness (QED) is 0.693. The summed E-state index contributed by atoms with van der Waals surface area (Å²) in [6.45, 7) is 3.13. The smallest absolute Gasteiger partial charge is 0.239 e. The molecule has 1 saturated carbocycles. The van der Waals surface area contributed by atoms with Crippen LogP contribution in [0.5, 0.6) is 0 Å². The summed E-state index contributed by atoms with van der Waals surface area (Å²) in [6.07, 6.45) is 3.50. The molecule has 0 bridgehead atoms. The first-order valence-electron chi connectivity index (χ1n) is 5.23. The van der Waals surface area contributed by atoms with E-state index in [9.17, 15) is 4.79 Å². The van der Waals surface area contributed by atoms with E-state index in [0.717, 1.165) is 18.9 Å². The van der Waals surface area contributed by atoms with Crippen LogP contribution in [0, 0.1) is 5.92 Å². The van der Waals surface area contributed by atoms with Crippen molar-refractivity contribution in [1.29, 1.82) is 0 Å². The number of carbonyl (C=O) groups excluding carboxylic acids is 1. The number of likely N-dealkylation sites (N-methyl/N-ethyl adjacent to an activating group) is 1. The predicted octanol–water partition coefficient (Wildman–Crippen LogP) is 0.605. The molecule has 0 aromatic rings. The number of hydrogen-bond acceptors (Lipinski definition) is 2. The van der Waals surface area contributed by atoms with Crippen molar-refractivity contribution in [3.63, 3.8) is 0 Å². The van der Waals surface area contributed by atoms with Crippen molar-refractivity contribution in [1.82, 2.24) is 10.2 Å². The zero-order chi connectivity index (χ0) is 9.42. The van der Waals surface area contributed by atoms with Gasteiger partial charge in [0.15, 0.2) is 0 Å². The van der Waals surface area contributed by atoms with Crippen molar-refractivity contribution in [3.05, 3.63) is 0 Å². The summed E-state index contributed by atoms with van der Waals surface area (Å²) in [4.78, 5) is 13.3. The molecule has 0 aromatic heterocycles. The number of likely N-dealkylation sites (tertiary alicyclic amines) is 1. The Bertz CT molecular complexity index is 217. The lowest BCUT2D eigenvalue weighted by atomic mass is 10.2. The second kappa shape index (κ2) is 3.29. The molecule has 0 spiro atoms. The van der Waals surface area contributed by atoms with E-state index in [1.165, 1.54) is 12.8 Å². The fourth-order valence-electron chi connectivity index (χ4n) is 2.14. The van der Waals surface area contributed by atoms with Crippen molar-refractivity contribution in [2.24, 2.45) is 5.92 Å². The third-order valence-electron chi connectivity index (χ3n) is 3.29. The fraction of sp³-hybridized carbons (Fsp3) is 0.900. The molecule has 0 radical (unpaired) electrons. The van der Waals surface area contributed by atoms with Gasteiger partial charge >= 0.3 is 0 Å². The summed E-state index contributed by atoms with van der Waals surface area (Å²) in [5.41, 5.74) is 0. The van der Waals surface area contributed by atoms with E-state index in [4.69, 9.17) is 0 Å². The Balaban J connectivity index is 1.80. The van der Waals surface area contributed by atoms with Crippen molar-refractivity contribution in [3.8, 4) is 0 Å². The van der Waals surface area contributed by atoms with Gasteiger partial charge in [-0.15, -0.1) is 0 Å². The van der Waals surface area contributed by atoms with Gasteiger partial charge in [0.25, 0.3) is 0 Å². The van der Waals surface area contributed by atoms with Gasteiger partial charge in [0, 0.05) is 19.6 Å². The SMILES string of the molecule is CCC1CC1NC1CCN(C)C1=O. The lowest BCUT2D eigenvalue weighted by Gasteiger charge is -2.11. The highest BCUT2D eigenvalue weighted by atomic mass is 16.2. The van der Waals surface area contributed by atoms with Crippen molar-refractivity contribution >= 4 is 5.91 Å². The number of carbonyl (C=O) groups is 1. The molecule has 3 atom stereocenters. The molecule has 0 aromatic carbocycles. The molecule has 1 saturated heterocycles. The number of rotatable bonds is 3. The molecule has 1 heterocycles.